The van der Waals surface area contributed by atoms with E-state index >= 15 is 0 Å². The lowest BCUT2D eigenvalue weighted by molar-refractivity contribution is -0.133. The molecule has 5 aromatic rings. The molecule has 1 atom stereocenters. The Bertz CT molecular complexity index is 2310. The summed E-state index contributed by atoms with van der Waals surface area (Å²) < 4.78 is 11.5. The van der Waals surface area contributed by atoms with Crippen LogP contribution in [0.25, 0.3) is 28.4 Å². The number of carbonyl (C=O) groups excluding carboxylic acids is 3. The van der Waals surface area contributed by atoms with E-state index in [1.165, 1.54) is 33.1 Å². The van der Waals surface area contributed by atoms with Gasteiger partial charge in [0.1, 0.15) is 24.7 Å². The van der Waals surface area contributed by atoms with E-state index in [4.69, 9.17) is 19.1 Å². The van der Waals surface area contributed by atoms with E-state index in [2.05, 4.69) is 58.3 Å². The topological polar surface area (TPSA) is 143 Å². The highest BCUT2D eigenvalue weighted by Crippen LogP contribution is 2.29. The molecule has 0 saturated carbocycles. The van der Waals surface area contributed by atoms with Gasteiger partial charge in [0.2, 0.25) is 23.6 Å². The SMILES string of the molecule is C=CC(=O)N1CCN(c2ccc(C=CC(=O)NCCCCCOCC#Cc3ccc4c(c3)CC(Nc3nc(-c5cccnc5)nc5ccccc35)C4)o2)C(=O)C1. The molecule has 1 aliphatic heterocycles. The van der Waals surface area contributed by atoms with Crippen LogP contribution < -0.4 is 15.5 Å². The molecular weight excluding hydrogens is 707 g/mol. The highest BCUT2D eigenvalue weighted by Gasteiger charge is 2.28. The third-order valence-corrected chi connectivity index (χ3v) is 9.66. The zero-order valence-corrected chi connectivity index (χ0v) is 31.1. The molecule has 0 spiro atoms. The molecule has 2 N–H and O–H groups in total. The zero-order valence-electron chi connectivity index (χ0n) is 31.1. The number of unbranched alkanes of at least 4 members (excludes halogenated alkanes) is 2. The average Bonchev–Trinajstić information content (AvgIpc) is 3.87. The molecule has 0 bridgehead atoms. The van der Waals surface area contributed by atoms with Gasteiger partial charge < -0.3 is 24.7 Å². The van der Waals surface area contributed by atoms with Crippen LogP contribution in [0.1, 0.15) is 41.7 Å². The molecule has 1 fully saturated rings. The molecule has 3 aromatic heterocycles. The summed E-state index contributed by atoms with van der Waals surface area (Å²) in [6.07, 6.45) is 12.1. The van der Waals surface area contributed by atoms with Crippen molar-refractivity contribution >= 4 is 46.4 Å². The molecule has 1 saturated heterocycles. The first-order valence-electron chi connectivity index (χ1n) is 18.8. The number of piperazine rings is 1. The minimum Gasteiger partial charge on any atom is -0.441 e. The Labute approximate surface area is 325 Å². The van der Waals surface area contributed by atoms with Crippen LogP contribution in [0.4, 0.5) is 11.7 Å². The number of anilines is 2. The number of benzene rings is 2. The molecule has 2 aromatic carbocycles. The summed E-state index contributed by atoms with van der Waals surface area (Å²) in [7, 11) is 0. The van der Waals surface area contributed by atoms with Gasteiger partial charge in [-0.15, -0.1) is 0 Å². The molecule has 56 heavy (non-hydrogen) atoms. The van der Waals surface area contributed by atoms with Gasteiger partial charge in [-0.3, -0.25) is 24.3 Å². The summed E-state index contributed by atoms with van der Waals surface area (Å²) in [5.74, 6) is 7.96. The van der Waals surface area contributed by atoms with Gasteiger partial charge in [0.15, 0.2) is 5.82 Å². The number of hydrogen-bond acceptors (Lipinski definition) is 9. The molecule has 12 nitrogen and oxygen atoms in total. The molecule has 12 heteroatoms. The molecular formula is C44H43N7O5. The first kappa shape index (κ1) is 37.7. The van der Waals surface area contributed by atoms with E-state index in [9.17, 15) is 14.4 Å². The summed E-state index contributed by atoms with van der Waals surface area (Å²) in [5.41, 5.74) is 5.36. The van der Waals surface area contributed by atoms with E-state index < -0.39 is 0 Å². The number of fused-ring (bicyclic) bond motifs is 2. The summed E-state index contributed by atoms with van der Waals surface area (Å²) in [5, 5.41) is 7.57. The molecule has 284 valence electrons. The lowest BCUT2D eigenvalue weighted by Crippen LogP contribution is -2.52. The largest absolute Gasteiger partial charge is 0.441 e. The number of hydrogen-bond donors (Lipinski definition) is 2. The van der Waals surface area contributed by atoms with Crippen LogP contribution in [0, 0.1) is 11.8 Å². The predicted molar refractivity (Wildman–Crippen MR) is 215 cm³/mol. The minimum atomic E-state index is -0.275. The molecule has 1 unspecified atom stereocenters. The molecule has 1 aliphatic carbocycles. The second-order valence-corrected chi connectivity index (χ2v) is 13.6. The Morgan fingerprint density at radius 2 is 1.89 bits per heavy atom. The molecule has 3 amide bonds. The number of nitrogens with zero attached hydrogens (tertiary/aromatic N) is 5. The highest BCUT2D eigenvalue weighted by molar-refractivity contribution is 5.99. The van der Waals surface area contributed by atoms with Crippen molar-refractivity contribution in [2.45, 2.75) is 38.1 Å². The van der Waals surface area contributed by atoms with E-state index in [1.54, 1.807) is 30.6 Å². The number of rotatable bonds is 14. The van der Waals surface area contributed by atoms with Gasteiger partial charge in [0, 0.05) is 73.3 Å². The molecule has 0 radical (unpaired) electrons. The van der Waals surface area contributed by atoms with Crippen molar-refractivity contribution in [3.8, 4) is 23.2 Å². The number of pyridine rings is 1. The summed E-state index contributed by atoms with van der Waals surface area (Å²) in [6.45, 7) is 5.65. The van der Waals surface area contributed by atoms with E-state index in [-0.39, 0.29) is 30.3 Å². The van der Waals surface area contributed by atoms with Crippen molar-refractivity contribution in [1.82, 2.24) is 25.2 Å². The van der Waals surface area contributed by atoms with E-state index in [0.29, 0.717) is 50.3 Å². The Morgan fingerprint density at radius 1 is 1.00 bits per heavy atom. The van der Waals surface area contributed by atoms with Crippen molar-refractivity contribution < 1.29 is 23.5 Å². The fraction of sp³-hybridized carbons (Fsp3) is 0.273. The number of ether oxygens (including phenoxy) is 1. The lowest BCUT2D eigenvalue weighted by atomic mass is 10.1. The van der Waals surface area contributed by atoms with Crippen molar-refractivity contribution in [1.29, 1.82) is 0 Å². The average molecular weight is 750 g/mol. The van der Waals surface area contributed by atoms with E-state index in [1.807, 2.05) is 30.3 Å². The van der Waals surface area contributed by atoms with Crippen LogP contribution >= 0.6 is 0 Å². The van der Waals surface area contributed by atoms with Gasteiger partial charge in [-0.25, -0.2) is 9.97 Å². The fourth-order valence-corrected chi connectivity index (χ4v) is 6.80. The number of amides is 3. The maximum absolute atomic E-state index is 12.5. The van der Waals surface area contributed by atoms with Gasteiger partial charge in [0.25, 0.3) is 0 Å². The van der Waals surface area contributed by atoms with Crippen LogP contribution in [-0.2, 0) is 32.0 Å². The third kappa shape index (κ3) is 9.55. The van der Waals surface area contributed by atoms with Crippen molar-refractivity contribution in [2.24, 2.45) is 0 Å². The first-order valence-corrected chi connectivity index (χ1v) is 18.8. The quantitative estimate of drug-likeness (QED) is 0.0844. The van der Waals surface area contributed by atoms with Crippen LogP contribution in [-0.4, -0.2) is 83.0 Å². The smallest absolute Gasteiger partial charge is 0.248 e. The number of aromatic nitrogens is 3. The van der Waals surface area contributed by atoms with Crippen molar-refractivity contribution in [2.75, 3.05) is 49.6 Å². The summed E-state index contributed by atoms with van der Waals surface area (Å²) in [6, 6.07) is 21.9. The predicted octanol–water partition coefficient (Wildman–Crippen LogP) is 5.59. The first-order chi connectivity index (χ1) is 27.4. The van der Waals surface area contributed by atoms with Crippen LogP contribution in [0.2, 0.25) is 0 Å². The number of para-hydroxylation sites is 1. The molecule has 7 rings (SSSR count). The normalized spacial score (nSPS) is 15.1. The van der Waals surface area contributed by atoms with Crippen molar-refractivity contribution in [3.63, 3.8) is 0 Å². The Kier molecular flexibility index (Phi) is 12.2. The van der Waals surface area contributed by atoms with Gasteiger partial charge in [-0.2, -0.15) is 0 Å². The Morgan fingerprint density at radius 3 is 2.75 bits per heavy atom. The van der Waals surface area contributed by atoms with Gasteiger partial charge in [-0.05, 0) is 97.8 Å². The maximum Gasteiger partial charge on any atom is 0.248 e. The summed E-state index contributed by atoms with van der Waals surface area (Å²) in [4.78, 5) is 53.4. The Hall–Kier alpha value is -6.58. The minimum absolute atomic E-state index is 0.0312. The van der Waals surface area contributed by atoms with Gasteiger partial charge >= 0.3 is 0 Å². The monoisotopic (exact) mass is 749 g/mol. The lowest BCUT2D eigenvalue weighted by Gasteiger charge is -2.32. The molecule has 2 aliphatic rings. The second-order valence-electron chi connectivity index (χ2n) is 13.6. The van der Waals surface area contributed by atoms with Crippen LogP contribution in [0.3, 0.4) is 0 Å². The number of carbonyl (C=O) groups is 3. The molecule has 4 heterocycles. The number of nitrogens with one attached hydrogen (secondary N) is 2. The van der Waals surface area contributed by atoms with E-state index in [0.717, 1.165) is 60.0 Å². The van der Waals surface area contributed by atoms with Gasteiger partial charge in [-0.1, -0.05) is 36.6 Å². The fourth-order valence-electron chi connectivity index (χ4n) is 6.80. The van der Waals surface area contributed by atoms with Crippen LogP contribution in [0.5, 0.6) is 0 Å². The standard InChI is InChI=1S/C44H43N7O5/c1-2-40(53)50-22-23-51(41(54)30-50)42-19-17-36(56-42)16-18-39(52)46-21-6-3-7-24-55-25-9-10-31-14-15-32-27-35(28-34(32)26-31)47-44-37-12-4-5-13-38(37)48-43(49-44)33-11-8-20-45-29-33/h2,4-5,8,11-20,26,29,35H,1,3,6-7,21-25,27-28,30H2,(H,46,52)(H,47,48,49). The summed E-state index contributed by atoms with van der Waals surface area (Å²) >= 11 is 0. The highest BCUT2D eigenvalue weighted by atomic mass is 16.5. The van der Waals surface area contributed by atoms with Crippen molar-refractivity contribution in [3.05, 3.63) is 120 Å². The van der Waals surface area contributed by atoms with Crippen LogP contribution in [0.15, 0.2) is 102 Å². The number of furan rings is 1. The van der Waals surface area contributed by atoms with Gasteiger partial charge in [0.05, 0.1) is 5.52 Å². The zero-order chi connectivity index (χ0) is 38.7. The third-order valence-electron chi connectivity index (χ3n) is 9.66. The Balaban J connectivity index is 0.783. The maximum atomic E-state index is 12.5. The second kappa shape index (κ2) is 18.2.